The van der Waals surface area contributed by atoms with Gasteiger partial charge in [-0.15, -0.1) is 0 Å². The van der Waals surface area contributed by atoms with Gasteiger partial charge in [-0.25, -0.2) is 4.98 Å². The smallest absolute Gasteiger partial charge is 0.254 e. The predicted octanol–water partition coefficient (Wildman–Crippen LogP) is 4.90. The molecule has 9 heteroatoms. The number of para-hydroxylation sites is 1. The van der Waals surface area contributed by atoms with Crippen molar-refractivity contribution in [1.82, 2.24) is 29.6 Å². The van der Waals surface area contributed by atoms with Crippen LogP contribution >= 0.6 is 0 Å². The Balaban J connectivity index is 0.994. The molecule has 2 aromatic carbocycles. The second-order valence-electron chi connectivity index (χ2n) is 12.9. The molecule has 2 aromatic heterocycles. The third-order valence-electron chi connectivity index (χ3n) is 10.2. The summed E-state index contributed by atoms with van der Waals surface area (Å²) in [6.45, 7) is 7.56. The van der Waals surface area contributed by atoms with E-state index in [4.69, 9.17) is 4.98 Å². The van der Waals surface area contributed by atoms with E-state index in [9.17, 15) is 14.4 Å². The fourth-order valence-electron chi connectivity index (χ4n) is 7.46. The van der Waals surface area contributed by atoms with Gasteiger partial charge in [-0.1, -0.05) is 48.5 Å². The van der Waals surface area contributed by atoms with Crippen LogP contribution in [0.5, 0.6) is 0 Å². The summed E-state index contributed by atoms with van der Waals surface area (Å²) in [5, 5.41) is 1.08. The van der Waals surface area contributed by atoms with Crippen LogP contribution in [0.25, 0.3) is 33.4 Å². The molecular formula is C37H42N6O3. The highest BCUT2D eigenvalue weighted by Crippen LogP contribution is 2.31. The Morgan fingerprint density at radius 3 is 2.09 bits per heavy atom. The average molecular weight is 619 g/mol. The van der Waals surface area contributed by atoms with Gasteiger partial charge in [-0.3, -0.25) is 19.3 Å². The number of likely N-dealkylation sites (tertiary alicyclic amines) is 2. The van der Waals surface area contributed by atoms with Crippen LogP contribution in [0.1, 0.15) is 43.0 Å². The van der Waals surface area contributed by atoms with Crippen LogP contribution in [-0.4, -0.2) is 106 Å². The van der Waals surface area contributed by atoms with Gasteiger partial charge in [0.2, 0.25) is 11.8 Å². The largest absolute Gasteiger partial charge is 0.360 e. The van der Waals surface area contributed by atoms with E-state index in [0.29, 0.717) is 37.8 Å². The van der Waals surface area contributed by atoms with Crippen LogP contribution in [0.4, 0.5) is 0 Å². The Labute approximate surface area is 270 Å². The lowest BCUT2D eigenvalue weighted by atomic mass is 9.93. The molecule has 3 aliphatic heterocycles. The van der Waals surface area contributed by atoms with E-state index in [1.165, 1.54) is 0 Å². The van der Waals surface area contributed by atoms with Crippen LogP contribution in [0.15, 0.2) is 72.9 Å². The number of nitrogens with zero attached hydrogens (tertiary/aromatic N) is 5. The van der Waals surface area contributed by atoms with Crippen LogP contribution in [0.2, 0.25) is 0 Å². The molecule has 0 aliphatic carbocycles. The number of pyridine rings is 1. The standard InChI is InChI=1S/C37H42N6O3/c1-26(44)40-15-11-28(12-16-40)36(45)42-17-13-30(14-18-42)41-19-21-43(22-20-41)37(46)29-23-34(27-7-3-2-4-8-27)39-35(24-29)32-25-38-33-10-6-5-9-31(32)33/h2-10,23-25,28,30,38H,11-22H2,1H3. The van der Waals surface area contributed by atoms with Crippen LogP contribution in [0.3, 0.4) is 0 Å². The lowest BCUT2D eigenvalue weighted by molar-refractivity contribution is -0.141. The van der Waals surface area contributed by atoms with E-state index in [-0.39, 0.29) is 23.6 Å². The van der Waals surface area contributed by atoms with Gasteiger partial charge in [0.05, 0.1) is 11.4 Å². The van der Waals surface area contributed by atoms with Gasteiger partial charge in [0.15, 0.2) is 0 Å². The van der Waals surface area contributed by atoms with E-state index in [1.807, 2.05) is 81.6 Å². The molecule has 7 rings (SSSR count). The van der Waals surface area contributed by atoms with Crippen molar-refractivity contribution < 1.29 is 14.4 Å². The second kappa shape index (κ2) is 13.1. The fourth-order valence-corrected chi connectivity index (χ4v) is 7.46. The van der Waals surface area contributed by atoms with E-state index in [1.54, 1.807) is 6.92 Å². The highest BCUT2D eigenvalue weighted by Gasteiger charge is 2.34. The number of aromatic nitrogens is 2. The Kier molecular flexibility index (Phi) is 8.58. The first-order valence-electron chi connectivity index (χ1n) is 16.7. The number of amides is 3. The first kappa shape index (κ1) is 30.2. The molecule has 0 spiro atoms. The quantitative estimate of drug-likeness (QED) is 0.344. The molecule has 1 N–H and O–H groups in total. The highest BCUT2D eigenvalue weighted by atomic mass is 16.2. The normalized spacial score (nSPS) is 18.7. The van der Waals surface area contributed by atoms with E-state index >= 15 is 0 Å². The molecule has 0 saturated carbocycles. The summed E-state index contributed by atoms with van der Waals surface area (Å²) in [4.78, 5) is 55.6. The number of piperazine rings is 1. The topological polar surface area (TPSA) is 92.9 Å². The SMILES string of the molecule is CC(=O)N1CCC(C(=O)N2CCC(N3CCN(C(=O)c4cc(-c5ccccc5)nc(-c5c[nH]c6ccccc56)c4)CC3)CC2)CC1. The summed E-state index contributed by atoms with van der Waals surface area (Å²) in [5.41, 5.74) is 5.23. The molecular weight excluding hydrogens is 576 g/mol. The molecule has 0 unspecified atom stereocenters. The van der Waals surface area contributed by atoms with Crippen molar-refractivity contribution in [3.8, 4) is 22.5 Å². The van der Waals surface area contributed by atoms with Crippen molar-refractivity contribution in [2.75, 3.05) is 52.4 Å². The molecule has 3 amide bonds. The number of benzene rings is 2. The molecule has 0 radical (unpaired) electrons. The Morgan fingerprint density at radius 2 is 1.37 bits per heavy atom. The lowest BCUT2D eigenvalue weighted by Crippen LogP contribution is -2.55. The fraction of sp³-hybridized carbons (Fsp3) is 0.405. The number of fused-ring (bicyclic) bond motifs is 1. The average Bonchev–Trinajstić information content (AvgIpc) is 3.56. The molecule has 0 bridgehead atoms. The zero-order valence-electron chi connectivity index (χ0n) is 26.5. The van der Waals surface area contributed by atoms with E-state index < -0.39 is 0 Å². The number of carbonyl (C=O) groups is 3. The van der Waals surface area contributed by atoms with Gasteiger partial charge in [-0.05, 0) is 43.9 Å². The molecule has 238 valence electrons. The van der Waals surface area contributed by atoms with Gasteiger partial charge < -0.3 is 19.7 Å². The summed E-state index contributed by atoms with van der Waals surface area (Å²) in [6, 6.07) is 22.5. The van der Waals surface area contributed by atoms with Gasteiger partial charge >= 0.3 is 0 Å². The second-order valence-corrected chi connectivity index (χ2v) is 12.9. The van der Waals surface area contributed by atoms with Gasteiger partial charge in [-0.2, -0.15) is 0 Å². The molecule has 3 aliphatic rings. The Bertz CT molecular complexity index is 1710. The predicted molar refractivity (Wildman–Crippen MR) is 179 cm³/mol. The molecule has 5 heterocycles. The monoisotopic (exact) mass is 618 g/mol. The molecule has 4 aromatic rings. The minimum Gasteiger partial charge on any atom is -0.360 e. The first-order chi connectivity index (χ1) is 22.4. The molecule has 46 heavy (non-hydrogen) atoms. The maximum atomic E-state index is 14.0. The molecule has 3 fully saturated rings. The summed E-state index contributed by atoms with van der Waals surface area (Å²) < 4.78 is 0. The third kappa shape index (κ3) is 6.16. The van der Waals surface area contributed by atoms with Crippen molar-refractivity contribution in [1.29, 1.82) is 0 Å². The number of carbonyl (C=O) groups excluding carboxylic acids is 3. The number of piperidine rings is 2. The van der Waals surface area contributed by atoms with Crippen LogP contribution in [0, 0.1) is 5.92 Å². The Hall–Kier alpha value is -4.50. The van der Waals surface area contributed by atoms with Crippen molar-refractivity contribution in [3.63, 3.8) is 0 Å². The zero-order chi connectivity index (χ0) is 31.6. The van der Waals surface area contributed by atoms with Crippen molar-refractivity contribution in [2.24, 2.45) is 5.92 Å². The van der Waals surface area contributed by atoms with Crippen molar-refractivity contribution in [2.45, 2.75) is 38.6 Å². The molecule has 3 saturated heterocycles. The van der Waals surface area contributed by atoms with Gasteiger partial charge in [0.1, 0.15) is 0 Å². The number of hydrogen-bond acceptors (Lipinski definition) is 5. The first-order valence-corrected chi connectivity index (χ1v) is 16.7. The van der Waals surface area contributed by atoms with Gasteiger partial charge in [0, 0.05) is 105 Å². The zero-order valence-corrected chi connectivity index (χ0v) is 26.5. The number of nitrogens with one attached hydrogen (secondary N) is 1. The van der Waals surface area contributed by atoms with Crippen LogP contribution in [-0.2, 0) is 9.59 Å². The lowest BCUT2D eigenvalue weighted by Gasteiger charge is -2.43. The van der Waals surface area contributed by atoms with Crippen LogP contribution < -0.4 is 0 Å². The minimum atomic E-state index is 0.0359. The summed E-state index contributed by atoms with van der Waals surface area (Å²) in [6.07, 6.45) is 5.43. The number of rotatable bonds is 5. The Morgan fingerprint density at radius 1 is 0.717 bits per heavy atom. The van der Waals surface area contributed by atoms with E-state index in [2.05, 4.69) is 16.0 Å². The number of hydrogen-bond donors (Lipinski definition) is 1. The highest BCUT2D eigenvalue weighted by molar-refractivity contribution is 5.99. The maximum absolute atomic E-state index is 14.0. The van der Waals surface area contributed by atoms with E-state index in [0.717, 1.165) is 85.3 Å². The summed E-state index contributed by atoms with van der Waals surface area (Å²) >= 11 is 0. The number of aromatic amines is 1. The molecule has 9 nitrogen and oxygen atoms in total. The van der Waals surface area contributed by atoms with Gasteiger partial charge in [0.25, 0.3) is 5.91 Å². The van der Waals surface area contributed by atoms with Crippen molar-refractivity contribution >= 4 is 28.6 Å². The summed E-state index contributed by atoms with van der Waals surface area (Å²) in [7, 11) is 0. The number of H-pyrrole nitrogens is 1. The maximum Gasteiger partial charge on any atom is 0.254 e. The van der Waals surface area contributed by atoms with Crippen molar-refractivity contribution in [3.05, 3.63) is 78.5 Å². The summed E-state index contributed by atoms with van der Waals surface area (Å²) in [5.74, 6) is 0.433. The molecule has 0 atom stereocenters. The minimum absolute atomic E-state index is 0.0359. The third-order valence-corrected chi connectivity index (χ3v) is 10.2.